The predicted octanol–water partition coefficient (Wildman–Crippen LogP) is 3.11. The van der Waals surface area contributed by atoms with E-state index in [1.807, 2.05) is 6.07 Å². The third-order valence-corrected chi connectivity index (χ3v) is 3.67. The highest BCUT2D eigenvalue weighted by atomic mass is 16.6. The lowest BCUT2D eigenvalue weighted by molar-refractivity contribution is -0.385. The Balaban J connectivity index is 2.01. The lowest BCUT2D eigenvalue weighted by atomic mass is 10.1. The molecule has 0 N–H and O–H groups in total. The molecule has 8 heteroatoms. The summed E-state index contributed by atoms with van der Waals surface area (Å²) in [5, 5.41) is 20.4. The second-order valence-corrected chi connectivity index (χ2v) is 6.19. The summed E-state index contributed by atoms with van der Waals surface area (Å²) in [6.45, 7) is 3.55. The minimum atomic E-state index is -0.911. The molecule has 0 saturated heterocycles. The summed E-state index contributed by atoms with van der Waals surface area (Å²) in [5.74, 6) is 0.952. The first-order valence-electron chi connectivity index (χ1n) is 7.76. The molecule has 8 nitrogen and oxygen atoms in total. The maximum Gasteiger partial charge on any atom is 0.291 e. The molecule has 0 spiro atoms. The standard InChI is InChI=1S/C17H16N4O4/c1-17(2,16-19-6-3-7-20-16)25-15-8-11(10-18)13(21(22)23)9-14(15)24-12-4-5-12/h3,6-9,12H,4-5H2,1-2H3. The molecule has 1 saturated carbocycles. The molecule has 0 amide bonds. The molecule has 0 aliphatic heterocycles. The lowest BCUT2D eigenvalue weighted by Gasteiger charge is -2.26. The summed E-state index contributed by atoms with van der Waals surface area (Å²) in [5.41, 5.74) is -1.31. The Labute approximate surface area is 144 Å². The number of ether oxygens (including phenoxy) is 2. The van der Waals surface area contributed by atoms with E-state index in [-0.39, 0.29) is 28.9 Å². The van der Waals surface area contributed by atoms with Crippen molar-refractivity contribution in [1.29, 1.82) is 5.26 Å². The highest BCUT2D eigenvalue weighted by Gasteiger charge is 2.32. The van der Waals surface area contributed by atoms with Gasteiger partial charge in [-0.1, -0.05) is 0 Å². The van der Waals surface area contributed by atoms with Gasteiger partial charge in [-0.2, -0.15) is 5.26 Å². The van der Waals surface area contributed by atoms with Crippen LogP contribution < -0.4 is 9.47 Å². The van der Waals surface area contributed by atoms with E-state index in [1.54, 1.807) is 32.3 Å². The Morgan fingerprint density at radius 1 is 1.28 bits per heavy atom. The quantitative estimate of drug-likeness (QED) is 0.586. The number of hydrogen-bond donors (Lipinski definition) is 0. The molecule has 1 aliphatic carbocycles. The maximum atomic E-state index is 11.2. The Morgan fingerprint density at radius 2 is 1.96 bits per heavy atom. The average molecular weight is 340 g/mol. The summed E-state index contributed by atoms with van der Waals surface area (Å²) in [4.78, 5) is 19.0. The zero-order chi connectivity index (χ0) is 18.0. The van der Waals surface area contributed by atoms with Crippen LogP contribution in [-0.2, 0) is 5.60 Å². The zero-order valence-electron chi connectivity index (χ0n) is 13.8. The number of nitrogens with zero attached hydrogens (tertiary/aromatic N) is 4. The number of benzene rings is 1. The highest BCUT2D eigenvalue weighted by Crippen LogP contribution is 2.40. The number of nitriles is 1. The van der Waals surface area contributed by atoms with Gasteiger partial charge in [0, 0.05) is 18.5 Å². The molecular formula is C17H16N4O4. The molecule has 1 aliphatic rings. The van der Waals surface area contributed by atoms with Crippen LogP contribution in [-0.4, -0.2) is 21.0 Å². The fourth-order valence-electron chi connectivity index (χ4n) is 2.26. The molecule has 25 heavy (non-hydrogen) atoms. The van der Waals surface area contributed by atoms with Crippen molar-refractivity contribution in [1.82, 2.24) is 9.97 Å². The van der Waals surface area contributed by atoms with Crippen molar-refractivity contribution in [2.45, 2.75) is 38.4 Å². The van der Waals surface area contributed by atoms with Crippen LogP contribution >= 0.6 is 0 Å². The van der Waals surface area contributed by atoms with Crippen LogP contribution in [0.25, 0.3) is 0 Å². The lowest BCUT2D eigenvalue weighted by Crippen LogP contribution is -2.28. The predicted molar refractivity (Wildman–Crippen MR) is 87.1 cm³/mol. The Bertz CT molecular complexity index is 842. The van der Waals surface area contributed by atoms with Crippen LogP contribution in [0.3, 0.4) is 0 Å². The van der Waals surface area contributed by atoms with Crippen LogP contribution in [0.4, 0.5) is 5.69 Å². The molecular weight excluding hydrogens is 324 g/mol. The number of nitro groups is 1. The largest absolute Gasteiger partial charge is 0.486 e. The first-order chi connectivity index (χ1) is 11.9. The van der Waals surface area contributed by atoms with Crippen LogP contribution in [0.15, 0.2) is 30.6 Å². The molecule has 1 heterocycles. The van der Waals surface area contributed by atoms with Gasteiger partial charge in [0.05, 0.1) is 17.1 Å². The first kappa shape index (κ1) is 16.6. The van der Waals surface area contributed by atoms with Gasteiger partial charge in [-0.15, -0.1) is 0 Å². The van der Waals surface area contributed by atoms with Crippen molar-refractivity contribution in [3.8, 4) is 17.6 Å². The van der Waals surface area contributed by atoms with Crippen LogP contribution in [0.1, 0.15) is 38.1 Å². The van der Waals surface area contributed by atoms with E-state index in [4.69, 9.17) is 9.47 Å². The van der Waals surface area contributed by atoms with Crippen molar-refractivity contribution >= 4 is 5.69 Å². The summed E-state index contributed by atoms with van der Waals surface area (Å²) in [6.07, 6.45) is 5.00. The zero-order valence-corrected chi connectivity index (χ0v) is 13.8. The van der Waals surface area contributed by atoms with E-state index in [2.05, 4.69) is 9.97 Å². The molecule has 1 aromatic heterocycles. The molecule has 3 rings (SSSR count). The summed E-state index contributed by atoms with van der Waals surface area (Å²) in [6, 6.07) is 6.10. The van der Waals surface area contributed by atoms with Crippen molar-refractivity contribution in [3.63, 3.8) is 0 Å². The SMILES string of the molecule is CC(C)(Oc1cc(C#N)c([N+](=O)[O-])cc1OC1CC1)c1ncccn1. The van der Waals surface area contributed by atoms with Gasteiger partial charge in [0.25, 0.3) is 5.69 Å². The number of nitro benzene ring substituents is 1. The number of aromatic nitrogens is 2. The minimum absolute atomic E-state index is 0.0194. The van der Waals surface area contributed by atoms with Gasteiger partial charge >= 0.3 is 0 Å². The topological polar surface area (TPSA) is 111 Å². The van der Waals surface area contributed by atoms with Crippen molar-refractivity contribution in [2.75, 3.05) is 0 Å². The van der Waals surface area contributed by atoms with Crippen LogP contribution in [0, 0.1) is 21.4 Å². The van der Waals surface area contributed by atoms with E-state index in [9.17, 15) is 15.4 Å². The van der Waals surface area contributed by atoms with Crippen LogP contribution in [0.2, 0.25) is 0 Å². The summed E-state index contributed by atoms with van der Waals surface area (Å²) in [7, 11) is 0. The molecule has 128 valence electrons. The normalized spacial score (nSPS) is 13.8. The molecule has 2 aromatic rings. The Kier molecular flexibility index (Phi) is 4.23. The van der Waals surface area contributed by atoms with Gasteiger partial charge < -0.3 is 9.47 Å². The third kappa shape index (κ3) is 3.66. The van der Waals surface area contributed by atoms with Crippen molar-refractivity contribution in [3.05, 3.63) is 52.1 Å². The number of hydrogen-bond acceptors (Lipinski definition) is 7. The highest BCUT2D eigenvalue weighted by molar-refractivity contribution is 5.59. The monoisotopic (exact) mass is 340 g/mol. The van der Waals surface area contributed by atoms with E-state index in [0.717, 1.165) is 12.8 Å². The minimum Gasteiger partial charge on any atom is -0.486 e. The van der Waals surface area contributed by atoms with E-state index in [0.29, 0.717) is 5.82 Å². The maximum absolute atomic E-state index is 11.2. The molecule has 0 bridgehead atoms. The van der Waals surface area contributed by atoms with E-state index in [1.165, 1.54) is 12.1 Å². The fraction of sp³-hybridized carbons (Fsp3) is 0.353. The number of rotatable bonds is 6. The molecule has 0 atom stereocenters. The fourth-order valence-corrected chi connectivity index (χ4v) is 2.26. The van der Waals surface area contributed by atoms with Crippen molar-refractivity contribution < 1.29 is 14.4 Å². The Morgan fingerprint density at radius 3 is 2.52 bits per heavy atom. The molecule has 0 unspecified atom stereocenters. The third-order valence-electron chi connectivity index (χ3n) is 3.67. The van der Waals surface area contributed by atoms with Gasteiger partial charge in [0.2, 0.25) is 0 Å². The van der Waals surface area contributed by atoms with Gasteiger partial charge in [0.15, 0.2) is 22.9 Å². The Hall–Kier alpha value is -3.21. The van der Waals surface area contributed by atoms with Crippen LogP contribution in [0.5, 0.6) is 11.5 Å². The van der Waals surface area contributed by atoms with Gasteiger partial charge in [-0.25, -0.2) is 9.97 Å². The van der Waals surface area contributed by atoms with Crippen molar-refractivity contribution in [2.24, 2.45) is 0 Å². The van der Waals surface area contributed by atoms with Gasteiger partial charge in [-0.3, -0.25) is 10.1 Å². The average Bonchev–Trinajstić information content (AvgIpc) is 3.40. The second-order valence-electron chi connectivity index (χ2n) is 6.19. The second kappa shape index (κ2) is 6.36. The van der Waals surface area contributed by atoms with E-state index >= 15 is 0 Å². The van der Waals surface area contributed by atoms with E-state index < -0.39 is 10.5 Å². The van der Waals surface area contributed by atoms with Gasteiger partial charge in [0.1, 0.15) is 11.6 Å². The smallest absolute Gasteiger partial charge is 0.291 e. The van der Waals surface area contributed by atoms with Gasteiger partial charge in [-0.05, 0) is 32.8 Å². The first-order valence-corrected chi connectivity index (χ1v) is 7.76. The molecule has 1 fully saturated rings. The molecule has 0 radical (unpaired) electrons. The molecule has 1 aromatic carbocycles. The summed E-state index contributed by atoms with van der Waals surface area (Å²) >= 11 is 0. The summed E-state index contributed by atoms with van der Waals surface area (Å²) < 4.78 is 11.8.